The maximum Gasteiger partial charge on any atom is 0.208 e. The van der Waals surface area contributed by atoms with Gasteiger partial charge in [-0.25, -0.2) is 4.98 Å². The van der Waals surface area contributed by atoms with Gasteiger partial charge in [0.2, 0.25) is 5.89 Å². The van der Waals surface area contributed by atoms with Crippen LogP contribution in [0.1, 0.15) is 17.3 Å². The van der Waals surface area contributed by atoms with Crippen molar-refractivity contribution in [1.82, 2.24) is 15.3 Å². The molecular weight excluding hydrogens is 178 g/mol. The Labute approximate surface area is 82.4 Å². The molecule has 0 saturated heterocycles. The lowest BCUT2D eigenvalue weighted by Gasteiger charge is -1.98. The number of aryl methyl sites for hydroxylation is 1. The van der Waals surface area contributed by atoms with E-state index in [9.17, 15) is 0 Å². The third-order valence-electron chi connectivity index (χ3n) is 1.92. The molecule has 0 saturated carbocycles. The highest BCUT2D eigenvalue weighted by atomic mass is 16.4. The number of rotatable bonds is 4. The van der Waals surface area contributed by atoms with Crippen LogP contribution in [0.3, 0.4) is 0 Å². The fraction of sp³-hybridized carbons (Fsp3) is 0.300. The minimum absolute atomic E-state index is 0.660. The first-order chi connectivity index (χ1) is 6.84. The molecule has 0 radical (unpaired) electrons. The lowest BCUT2D eigenvalue weighted by atomic mass is 10.4. The summed E-state index contributed by atoms with van der Waals surface area (Å²) in [4.78, 5) is 7.21. The molecule has 14 heavy (non-hydrogen) atoms. The molecule has 2 rings (SSSR count). The molecule has 74 valence electrons. The van der Waals surface area contributed by atoms with Gasteiger partial charge in [0.15, 0.2) is 0 Å². The van der Waals surface area contributed by atoms with E-state index in [4.69, 9.17) is 4.42 Å². The van der Waals surface area contributed by atoms with Crippen LogP contribution in [0.2, 0.25) is 0 Å². The predicted molar refractivity (Wildman–Crippen MR) is 52.6 cm³/mol. The fourth-order valence-corrected chi connectivity index (χ4v) is 1.26. The van der Waals surface area contributed by atoms with E-state index >= 15 is 0 Å². The van der Waals surface area contributed by atoms with Crippen LogP contribution in [0.5, 0.6) is 0 Å². The average molecular weight is 191 g/mol. The summed E-state index contributed by atoms with van der Waals surface area (Å²) in [5.41, 5.74) is 1.16. The summed E-state index contributed by atoms with van der Waals surface area (Å²) < 4.78 is 5.32. The summed E-state index contributed by atoms with van der Waals surface area (Å²) in [6.07, 6.45) is 3.64. The summed E-state index contributed by atoms with van der Waals surface area (Å²) in [5.74, 6) is 1.58. The van der Waals surface area contributed by atoms with Crippen LogP contribution in [0.25, 0.3) is 0 Å². The Bertz CT molecular complexity index is 378. The molecule has 4 nitrogen and oxygen atoms in total. The topological polar surface area (TPSA) is 53.9 Å². The molecule has 2 N–H and O–H groups in total. The Kier molecular flexibility index (Phi) is 2.65. The Morgan fingerprint density at radius 1 is 1.50 bits per heavy atom. The van der Waals surface area contributed by atoms with Crippen LogP contribution in [-0.2, 0) is 13.1 Å². The molecule has 0 aliphatic rings. The number of hydrogen-bond donors (Lipinski definition) is 2. The van der Waals surface area contributed by atoms with Gasteiger partial charge in [-0.3, -0.25) is 0 Å². The molecule has 0 unspecified atom stereocenters. The summed E-state index contributed by atoms with van der Waals surface area (Å²) >= 11 is 0. The second-order valence-electron chi connectivity index (χ2n) is 3.16. The molecule has 0 aromatic carbocycles. The van der Waals surface area contributed by atoms with E-state index in [1.807, 2.05) is 25.3 Å². The number of aromatic nitrogens is 2. The molecule has 0 spiro atoms. The van der Waals surface area contributed by atoms with Crippen LogP contribution in [-0.4, -0.2) is 9.97 Å². The average Bonchev–Trinajstić information content (AvgIpc) is 2.77. The molecule has 2 heterocycles. The molecule has 0 aliphatic carbocycles. The second kappa shape index (κ2) is 4.11. The number of nitrogens with zero attached hydrogens (tertiary/aromatic N) is 1. The molecule has 0 aliphatic heterocycles. The summed E-state index contributed by atoms with van der Waals surface area (Å²) in [7, 11) is 0. The van der Waals surface area contributed by atoms with Crippen LogP contribution in [0, 0.1) is 6.92 Å². The van der Waals surface area contributed by atoms with Crippen molar-refractivity contribution in [3.63, 3.8) is 0 Å². The molecule has 0 atom stereocenters. The highest BCUT2D eigenvalue weighted by Gasteiger charge is 1.99. The normalized spacial score (nSPS) is 10.6. The van der Waals surface area contributed by atoms with E-state index in [1.54, 1.807) is 6.20 Å². The van der Waals surface area contributed by atoms with E-state index in [1.165, 1.54) is 0 Å². The Balaban J connectivity index is 1.78. The van der Waals surface area contributed by atoms with Crippen molar-refractivity contribution >= 4 is 0 Å². The number of H-pyrrole nitrogens is 1. The van der Waals surface area contributed by atoms with Crippen molar-refractivity contribution in [2.45, 2.75) is 20.0 Å². The number of oxazole rings is 1. The lowest BCUT2D eigenvalue weighted by Crippen LogP contribution is -2.12. The minimum Gasteiger partial charge on any atom is -0.445 e. The smallest absolute Gasteiger partial charge is 0.208 e. The van der Waals surface area contributed by atoms with Gasteiger partial charge in [-0.1, -0.05) is 0 Å². The predicted octanol–water partition coefficient (Wildman–Crippen LogP) is 1.60. The van der Waals surface area contributed by atoms with Gasteiger partial charge in [0.25, 0.3) is 0 Å². The van der Waals surface area contributed by atoms with Crippen molar-refractivity contribution < 1.29 is 4.42 Å². The molecule has 2 aromatic rings. The number of hydrogen-bond acceptors (Lipinski definition) is 3. The largest absolute Gasteiger partial charge is 0.445 e. The van der Waals surface area contributed by atoms with E-state index in [-0.39, 0.29) is 0 Å². The van der Waals surface area contributed by atoms with Crippen molar-refractivity contribution in [2.24, 2.45) is 0 Å². The zero-order chi connectivity index (χ0) is 9.80. The molecule has 0 fully saturated rings. The standard InChI is InChI=1S/C10H13N3O/c1-8-5-13-10(14-8)7-11-6-9-3-2-4-12-9/h2-5,11-12H,6-7H2,1H3. The van der Waals surface area contributed by atoms with Crippen LogP contribution < -0.4 is 5.32 Å². The van der Waals surface area contributed by atoms with Gasteiger partial charge in [-0.15, -0.1) is 0 Å². The van der Waals surface area contributed by atoms with Crippen molar-refractivity contribution in [3.05, 3.63) is 41.9 Å². The van der Waals surface area contributed by atoms with Crippen LogP contribution in [0.15, 0.2) is 28.9 Å². The molecule has 4 heteroatoms. The molecular formula is C10H13N3O. The summed E-state index contributed by atoms with van der Waals surface area (Å²) in [6, 6.07) is 4.01. The molecule has 0 amide bonds. The quantitative estimate of drug-likeness (QED) is 0.771. The molecule has 2 aromatic heterocycles. The van der Waals surface area contributed by atoms with E-state index in [0.717, 1.165) is 23.9 Å². The second-order valence-corrected chi connectivity index (χ2v) is 3.16. The Morgan fingerprint density at radius 2 is 2.43 bits per heavy atom. The van der Waals surface area contributed by atoms with Crippen LogP contribution in [0.4, 0.5) is 0 Å². The lowest BCUT2D eigenvalue weighted by molar-refractivity contribution is 0.448. The molecule has 0 bridgehead atoms. The zero-order valence-corrected chi connectivity index (χ0v) is 8.08. The van der Waals surface area contributed by atoms with Gasteiger partial charge < -0.3 is 14.7 Å². The number of aromatic amines is 1. The minimum atomic E-state index is 0.660. The van der Waals surface area contributed by atoms with Gasteiger partial charge in [-0.2, -0.15) is 0 Å². The van der Waals surface area contributed by atoms with Gasteiger partial charge in [0, 0.05) is 18.4 Å². The van der Waals surface area contributed by atoms with E-state index < -0.39 is 0 Å². The summed E-state index contributed by atoms with van der Waals surface area (Å²) in [5, 5.41) is 3.23. The summed E-state index contributed by atoms with van der Waals surface area (Å²) in [6.45, 7) is 3.35. The first kappa shape index (κ1) is 9.02. The first-order valence-corrected chi connectivity index (χ1v) is 4.59. The maximum atomic E-state index is 5.32. The van der Waals surface area contributed by atoms with Crippen molar-refractivity contribution in [3.8, 4) is 0 Å². The zero-order valence-electron chi connectivity index (χ0n) is 8.08. The van der Waals surface area contributed by atoms with Crippen molar-refractivity contribution in [2.75, 3.05) is 0 Å². The van der Waals surface area contributed by atoms with E-state index in [0.29, 0.717) is 6.54 Å². The third kappa shape index (κ3) is 2.23. The highest BCUT2D eigenvalue weighted by molar-refractivity contribution is 5.03. The van der Waals surface area contributed by atoms with Gasteiger partial charge in [-0.05, 0) is 19.1 Å². The maximum absolute atomic E-state index is 5.32. The highest BCUT2D eigenvalue weighted by Crippen LogP contribution is 2.01. The Morgan fingerprint density at radius 3 is 3.07 bits per heavy atom. The fourth-order valence-electron chi connectivity index (χ4n) is 1.26. The first-order valence-electron chi connectivity index (χ1n) is 4.59. The SMILES string of the molecule is Cc1cnc(CNCc2ccc[nH]2)o1. The van der Waals surface area contributed by atoms with Crippen LogP contribution >= 0.6 is 0 Å². The number of nitrogens with one attached hydrogen (secondary N) is 2. The van der Waals surface area contributed by atoms with Gasteiger partial charge in [0.05, 0.1) is 12.7 Å². The van der Waals surface area contributed by atoms with Gasteiger partial charge >= 0.3 is 0 Å². The monoisotopic (exact) mass is 191 g/mol. The van der Waals surface area contributed by atoms with Gasteiger partial charge in [0.1, 0.15) is 5.76 Å². The van der Waals surface area contributed by atoms with Crippen molar-refractivity contribution in [1.29, 1.82) is 0 Å². The Hall–Kier alpha value is -1.55. The third-order valence-corrected chi connectivity index (χ3v) is 1.92. The van der Waals surface area contributed by atoms with E-state index in [2.05, 4.69) is 15.3 Å².